The molecule has 0 aliphatic carbocycles. The highest BCUT2D eigenvalue weighted by Crippen LogP contribution is 2.02. The Bertz CT molecular complexity index is 278. The lowest BCUT2D eigenvalue weighted by molar-refractivity contribution is 0.769. The van der Waals surface area contributed by atoms with Crippen molar-refractivity contribution < 1.29 is 0 Å². The molecule has 0 amide bonds. The van der Waals surface area contributed by atoms with E-state index in [1.54, 1.807) is 10.2 Å². The van der Waals surface area contributed by atoms with Crippen molar-refractivity contribution in [3.05, 3.63) is 23.4 Å². The standard InChI is InChI=1S/C8H12ClN3/c1-7(5-9)6-10-8-3-4-12(2)11-8/h3-5H,6H2,1-2H3,(H,10,11)/b7-5-. The quantitative estimate of drug-likeness (QED) is 0.781. The van der Waals surface area contributed by atoms with Crippen LogP contribution < -0.4 is 5.32 Å². The fraction of sp³-hybridized carbons (Fsp3) is 0.375. The van der Waals surface area contributed by atoms with E-state index in [9.17, 15) is 0 Å². The van der Waals surface area contributed by atoms with Crippen LogP contribution in [0.5, 0.6) is 0 Å². The summed E-state index contributed by atoms with van der Waals surface area (Å²) in [6.07, 6.45) is 1.89. The Kier molecular flexibility index (Phi) is 3.17. The molecule has 12 heavy (non-hydrogen) atoms. The highest BCUT2D eigenvalue weighted by Gasteiger charge is 1.94. The van der Waals surface area contributed by atoms with Gasteiger partial charge in [0.05, 0.1) is 0 Å². The maximum atomic E-state index is 5.50. The zero-order valence-corrected chi connectivity index (χ0v) is 7.97. The highest BCUT2D eigenvalue weighted by molar-refractivity contribution is 6.25. The van der Waals surface area contributed by atoms with Gasteiger partial charge in [-0.15, -0.1) is 0 Å². The SMILES string of the molecule is C/C(=C/Cl)CNc1ccn(C)n1. The summed E-state index contributed by atoms with van der Waals surface area (Å²) in [6.45, 7) is 2.70. The van der Waals surface area contributed by atoms with Gasteiger partial charge in [0.25, 0.3) is 0 Å². The lowest BCUT2D eigenvalue weighted by Gasteiger charge is -2.00. The van der Waals surface area contributed by atoms with Crippen molar-refractivity contribution in [3.63, 3.8) is 0 Å². The smallest absolute Gasteiger partial charge is 0.148 e. The topological polar surface area (TPSA) is 29.9 Å². The van der Waals surface area contributed by atoms with Gasteiger partial charge in [-0.3, -0.25) is 4.68 Å². The van der Waals surface area contributed by atoms with Crippen molar-refractivity contribution in [3.8, 4) is 0 Å². The molecule has 0 aliphatic heterocycles. The highest BCUT2D eigenvalue weighted by atomic mass is 35.5. The summed E-state index contributed by atoms with van der Waals surface area (Å²) in [5.74, 6) is 0.871. The second-order valence-corrected chi connectivity index (χ2v) is 2.90. The zero-order valence-electron chi connectivity index (χ0n) is 7.21. The molecule has 0 radical (unpaired) electrons. The van der Waals surface area contributed by atoms with Gasteiger partial charge in [0.1, 0.15) is 5.82 Å². The number of aromatic nitrogens is 2. The van der Waals surface area contributed by atoms with E-state index in [2.05, 4.69) is 10.4 Å². The van der Waals surface area contributed by atoms with Crippen molar-refractivity contribution in [2.45, 2.75) is 6.92 Å². The van der Waals surface area contributed by atoms with Gasteiger partial charge in [0.2, 0.25) is 0 Å². The molecular formula is C8H12ClN3. The minimum absolute atomic E-state index is 0.737. The molecule has 1 rings (SSSR count). The van der Waals surface area contributed by atoms with Crippen LogP contribution in [0.15, 0.2) is 23.4 Å². The fourth-order valence-corrected chi connectivity index (χ4v) is 0.855. The average Bonchev–Trinajstić information content (AvgIpc) is 2.47. The summed E-state index contributed by atoms with van der Waals surface area (Å²) < 4.78 is 1.75. The molecule has 0 spiro atoms. The van der Waals surface area contributed by atoms with E-state index in [1.165, 1.54) is 0 Å². The second kappa shape index (κ2) is 4.16. The third kappa shape index (κ3) is 2.58. The number of hydrogen-bond acceptors (Lipinski definition) is 2. The molecule has 3 nitrogen and oxygen atoms in total. The number of nitrogens with one attached hydrogen (secondary N) is 1. The van der Waals surface area contributed by atoms with Crippen LogP contribution in [0.25, 0.3) is 0 Å². The lowest BCUT2D eigenvalue weighted by Crippen LogP contribution is -2.03. The van der Waals surface area contributed by atoms with E-state index < -0.39 is 0 Å². The fourth-order valence-electron chi connectivity index (χ4n) is 0.778. The summed E-state index contributed by atoms with van der Waals surface area (Å²) in [5, 5.41) is 7.28. The number of halogens is 1. The predicted molar refractivity (Wildman–Crippen MR) is 51.3 cm³/mol. The van der Waals surface area contributed by atoms with Gasteiger partial charge in [-0.05, 0) is 12.5 Å². The molecular weight excluding hydrogens is 174 g/mol. The van der Waals surface area contributed by atoms with E-state index in [4.69, 9.17) is 11.6 Å². The minimum Gasteiger partial charge on any atom is -0.365 e. The maximum Gasteiger partial charge on any atom is 0.148 e. The molecule has 0 aliphatic rings. The van der Waals surface area contributed by atoms with Crippen LogP contribution >= 0.6 is 11.6 Å². The Morgan fingerprint density at radius 1 is 1.83 bits per heavy atom. The van der Waals surface area contributed by atoms with Gasteiger partial charge in [0, 0.05) is 31.4 Å². The van der Waals surface area contributed by atoms with Crippen LogP contribution in [0.2, 0.25) is 0 Å². The monoisotopic (exact) mass is 185 g/mol. The third-order valence-corrected chi connectivity index (χ3v) is 1.82. The molecule has 1 heterocycles. The lowest BCUT2D eigenvalue weighted by atomic mass is 10.3. The molecule has 1 aromatic rings. The maximum absolute atomic E-state index is 5.50. The molecule has 0 saturated carbocycles. The first-order valence-electron chi connectivity index (χ1n) is 3.72. The Labute approximate surface area is 77.0 Å². The Morgan fingerprint density at radius 2 is 2.58 bits per heavy atom. The molecule has 0 fully saturated rings. The van der Waals surface area contributed by atoms with Crippen molar-refractivity contribution in [1.82, 2.24) is 9.78 Å². The molecule has 1 N–H and O–H groups in total. The van der Waals surface area contributed by atoms with E-state index in [0.29, 0.717) is 0 Å². The zero-order chi connectivity index (χ0) is 8.97. The number of hydrogen-bond donors (Lipinski definition) is 1. The molecule has 66 valence electrons. The Hall–Kier alpha value is -0.960. The van der Waals surface area contributed by atoms with E-state index in [0.717, 1.165) is 17.9 Å². The molecule has 0 aromatic carbocycles. The van der Waals surface area contributed by atoms with E-state index in [-0.39, 0.29) is 0 Å². The van der Waals surface area contributed by atoms with Gasteiger partial charge in [0.15, 0.2) is 0 Å². The van der Waals surface area contributed by atoms with Crippen LogP contribution in [0.4, 0.5) is 5.82 Å². The summed E-state index contributed by atoms with van der Waals surface area (Å²) in [7, 11) is 1.88. The molecule has 4 heteroatoms. The van der Waals surface area contributed by atoms with Crippen LogP contribution in [-0.2, 0) is 7.05 Å². The normalized spacial score (nSPS) is 11.8. The molecule has 0 atom stereocenters. The number of anilines is 1. The molecule has 1 aromatic heterocycles. The first kappa shape index (κ1) is 9.13. The van der Waals surface area contributed by atoms with Gasteiger partial charge in [-0.2, -0.15) is 5.10 Å². The molecule has 0 saturated heterocycles. The predicted octanol–water partition coefficient (Wildman–Crippen LogP) is 1.97. The Morgan fingerprint density at radius 3 is 3.08 bits per heavy atom. The van der Waals surface area contributed by atoms with Crippen LogP contribution in [0.3, 0.4) is 0 Å². The summed E-state index contributed by atoms with van der Waals surface area (Å²) in [5.41, 5.74) is 2.65. The van der Waals surface area contributed by atoms with Gasteiger partial charge in [-0.25, -0.2) is 0 Å². The number of rotatable bonds is 3. The third-order valence-electron chi connectivity index (χ3n) is 1.45. The van der Waals surface area contributed by atoms with Gasteiger partial charge >= 0.3 is 0 Å². The number of nitrogens with zero attached hydrogens (tertiary/aromatic N) is 2. The average molecular weight is 186 g/mol. The van der Waals surface area contributed by atoms with Crippen molar-refractivity contribution in [1.29, 1.82) is 0 Å². The summed E-state index contributed by atoms with van der Waals surface area (Å²) in [4.78, 5) is 0. The van der Waals surface area contributed by atoms with Crippen LogP contribution in [0.1, 0.15) is 6.92 Å². The first-order valence-corrected chi connectivity index (χ1v) is 4.15. The van der Waals surface area contributed by atoms with Gasteiger partial charge < -0.3 is 5.32 Å². The molecule has 0 bridgehead atoms. The first-order chi connectivity index (χ1) is 5.72. The van der Waals surface area contributed by atoms with Crippen molar-refractivity contribution >= 4 is 17.4 Å². The second-order valence-electron chi connectivity index (χ2n) is 2.68. The summed E-state index contributed by atoms with van der Waals surface area (Å²) >= 11 is 5.50. The van der Waals surface area contributed by atoms with Gasteiger partial charge in [-0.1, -0.05) is 11.6 Å². The minimum atomic E-state index is 0.737. The van der Waals surface area contributed by atoms with Crippen LogP contribution in [-0.4, -0.2) is 16.3 Å². The van der Waals surface area contributed by atoms with E-state index in [1.807, 2.05) is 26.2 Å². The van der Waals surface area contributed by atoms with E-state index >= 15 is 0 Å². The molecule has 0 unspecified atom stereocenters. The largest absolute Gasteiger partial charge is 0.365 e. The number of aryl methyl sites for hydroxylation is 1. The van der Waals surface area contributed by atoms with Crippen LogP contribution in [0, 0.1) is 0 Å². The summed E-state index contributed by atoms with van der Waals surface area (Å²) in [6, 6.07) is 1.92. The van der Waals surface area contributed by atoms with Crippen molar-refractivity contribution in [2.75, 3.05) is 11.9 Å². The van der Waals surface area contributed by atoms with Crippen molar-refractivity contribution in [2.24, 2.45) is 7.05 Å². The Balaban J connectivity index is 2.43.